The molecule has 0 aromatic rings. The summed E-state index contributed by atoms with van der Waals surface area (Å²) in [4.78, 5) is 0. The Bertz CT molecular complexity index is 164. The molecule has 82 valence electrons. The highest BCUT2D eigenvalue weighted by Crippen LogP contribution is 2.32. The zero-order chi connectivity index (χ0) is 9.80. The minimum absolute atomic E-state index is 0.744. The van der Waals surface area contributed by atoms with Crippen LogP contribution >= 0.6 is 0 Å². The van der Waals surface area contributed by atoms with Crippen molar-refractivity contribution in [2.75, 3.05) is 13.1 Å². The number of hydrogen-bond donors (Lipinski definition) is 2. The summed E-state index contributed by atoms with van der Waals surface area (Å²) in [6, 6.07) is 0.744. The van der Waals surface area contributed by atoms with Crippen LogP contribution in [0, 0.1) is 11.8 Å². The Balaban J connectivity index is 1.91. The number of hydrogen-bond acceptors (Lipinski definition) is 2. The van der Waals surface area contributed by atoms with Crippen molar-refractivity contribution >= 4 is 0 Å². The van der Waals surface area contributed by atoms with E-state index in [2.05, 4.69) is 5.32 Å². The van der Waals surface area contributed by atoms with Crippen LogP contribution in [-0.4, -0.2) is 19.1 Å². The average Bonchev–Trinajstić information content (AvgIpc) is 2.30. The first-order chi connectivity index (χ1) is 6.92. The fraction of sp³-hybridized carbons (Fsp3) is 1.00. The SMILES string of the molecule is NC[C@@H]1CCCN[C@H]1C1CCCCC1. The molecule has 2 heteroatoms. The van der Waals surface area contributed by atoms with Crippen LogP contribution in [-0.2, 0) is 0 Å². The van der Waals surface area contributed by atoms with Gasteiger partial charge >= 0.3 is 0 Å². The van der Waals surface area contributed by atoms with Crippen LogP contribution in [0.2, 0.25) is 0 Å². The van der Waals surface area contributed by atoms with Crippen molar-refractivity contribution in [3.63, 3.8) is 0 Å². The van der Waals surface area contributed by atoms with Gasteiger partial charge in [-0.15, -0.1) is 0 Å². The van der Waals surface area contributed by atoms with E-state index in [1.54, 1.807) is 0 Å². The number of nitrogens with one attached hydrogen (secondary N) is 1. The van der Waals surface area contributed by atoms with E-state index in [-0.39, 0.29) is 0 Å². The maximum Gasteiger partial charge on any atom is 0.0136 e. The molecule has 0 bridgehead atoms. The van der Waals surface area contributed by atoms with Crippen LogP contribution in [0.3, 0.4) is 0 Å². The highest BCUT2D eigenvalue weighted by atomic mass is 14.9. The lowest BCUT2D eigenvalue weighted by atomic mass is 9.76. The number of piperidine rings is 1. The Kier molecular flexibility index (Phi) is 3.82. The van der Waals surface area contributed by atoms with Gasteiger partial charge in [-0.1, -0.05) is 19.3 Å². The quantitative estimate of drug-likeness (QED) is 0.708. The highest BCUT2D eigenvalue weighted by Gasteiger charge is 2.31. The molecule has 0 aromatic carbocycles. The van der Waals surface area contributed by atoms with E-state index < -0.39 is 0 Å². The second-order valence-electron chi connectivity index (χ2n) is 5.02. The third-order valence-electron chi connectivity index (χ3n) is 4.10. The summed E-state index contributed by atoms with van der Waals surface area (Å²) in [6.45, 7) is 2.10. The maximum atomic E-state index is 5.86. The second-order valence-corrected chi connectivity index (χ2v) is 5.02. The molecule has 1 heterocycles. The van der Waals surface area contributed by atoms with Gasteiger partial charge in [-0.05, 0) is 50.6 Å². The largest absolute Gasteiger partial charge is 0.330 e. The van der Waals surface area contributed by atoms with E-state index in [4.69, 9.17) is 5.73 Å². The van der Waals surface area contributed by atoms with Crippen LogP contribution < -0.4 is 11.1 Å². The Labute approximate surface area is 87.6 Å². The van der Waals surface area contributed by atoms with Crippen molar-refractivity contribution in [3.8, 4) is 0 Å². The van der Waals surface area contributed by atoms with Crippen LogP contribution in [0.4, 0.5) is 0 Å². The number of nitrogens with two attached hydrogens (primary N) is 1. The van der Waals surface area contributed by atoms with Crippen molar-refractivity contribution in [3.05, 3.63) is 0 Å². The normalized spacial score (nSPS) is 35.8. The molecule has 0 radical (unpaired) electrons. The fourth-order valence-electron chi connectivity index (χ4n) is 3.29. The molecule has 2 fully saturated rings. The van der Waals surface area contributed by atoms with Crippen molar-refractivity contribution in [1.29, 1.82) is 0 Å². The molecule has 2 rings (SSSR count). The van der Waals surface area contributed by atoms with Crippen molar-refractivity contribution in [2.45, 2.75) is 51.0 Å². The average molecular weight is 196 g/mol. The first-order valence-electron chi connectivity index (χ1n) is 6.35. The molecule has 1 saturated carbocycles. The zero-order valence-electron chi connectivity index (χ0n) is 9.17. The minimum atomic E-state index is 0.744. The van der Waals surface area contributed by atoms with E-state index in [0.717, 1.165) is 24.4 Å². The fourth-order valence-corrected chi connectivity index (χ4v) is 3.29. The molecule has 1 aliphatic carbocycles. The van der Waals surface area contributed by atoms with Gasteiger partial charge in [0, 0.05) is 6.04 Å². The molecule has 0 unspecified atom stereocenters. The van der Waals surface area contributed by atoms with Gasteiger partial charge in [0.05, 0.1) is 0 Å². The summed E-state index contributed by atoms with van der Waals surface area (Å²) >= 11 is 0. The van der Waals surface area contributed by atoms with E-state index in [1.807, 2.05) is 0 Å². The molecule has 0 spiro atoms. The molecular formula is C12H24N2. The predicted molar refractivity (Wildman–Crippen MR) is 60.1 cm³/mol. The molecule has 0 amide bonds. The van der Waals surface area contributed by atoms with Crippen molar-refractivity contribution in [2.24, 2.45) is 17.6 Å². The molecule has 2 aliphatic rings. The monoisotopic (exact) mass is 196 g/mol. The van der Waals surface area contributed by atoms with Gasteiger partial charge in [0.2, 0.25) is 0 Å². The summed E-state index contributed by atoms with van der Waals surface area (Å²) in [5, 5.41) is 3.71. The molecule has 1 aliphatic heterocycles. The molecule has 14 heavy (non-hydrogen) atoms. The van der Waals surface area contributed by atoms with Crippen molar-refractivity contribution in [1.82, 2.24) is 5.32 Å². The summed E-state index contributed by atoms with van der Waals surface area (Å²) < 4.78 is 0. The van der Waals surface area contributed by atoms with Gasteiger partial charge in [0.1, 0.15) is 0 Å². The van der Waals surface area contributed by atoms with Gasteiger partial charge in [0.15, 0.2) is 0 Å². The third-order valence-corrected chi connectivity index (χ3v) is 4.10. The maximum absolute atomic E-state index is 5.86. The van der Waals surface area contributed by atoms with Crippen molar-refractivity contribution < 1.29 is 0 Å². The summed E-state index contributed by atoms with van der Waals surface area (Å²) in [6.07, 6.45) is 9.90. The van der Waals surface area contributed by atoms with Crippen LogP contribution in [0.25, 0.3) is 0 Å². The van der Waals surface area contributed by atoms with E-state index >= 15 is 0 Å². The van der Waals surface area contributed by atoms with Gasteiger partial charge in [-0.2, -0.15) is 0 Å². The van der Waals surface area contributed by atoms with E-state index in [1.165, 1.54) is 51.5 Å². The van der Waals surface area contributed by atoms with Gasteiger partial charge in [-0.25, -0.2) is 0 Å². The Hall–Kier alpha value is -0.0800. The van der Waals surface area contributed by atoms with Gasteiger partial charge in [0.25, 0.3) is 0 Å². The standard InChI is InChI=1S/C12H24N2/c13-9-11-7-4-8-14-12(11)10-5-2-1-3-6-10/h10-12,14H,1-9,13H2/t11-,12-/m0/s1. The summed E-state index contributed by atoms with van der Waals surface area (Å²) in [5.41, 5.74) is 5.86. The van der Waals surface area contributed by atoms with Crippen LogP contribution in [0.1, 0.15) is 44.9 Å². The van der Waals surface area contributed by atoms with Crippen LogP contribution in [0.5, 0.6) is 0 Å². The molecule has 2 atom stereocenters. The number of rotatable bonds is 2. The molecular weight excluding hydrogens is 172 g/mol. The summed E-state index contributed by atoms with van der Waals surface area (Å²) in [7, 11) is 0. The Morgan fingerprint density at radius 3 is 2.50 bits per heavy atom. The predicted octanol–water partition coefficient (Wildman–Crippen LogP) is 1.89. The first kappa shape index (κ1) is 10.4. The minimum Gasteiger partial charge on any atom is -0.330 e. The molecule has 2 nitrogen and oxygen atoms in total. The van der Waals surface area contributed by atoms with Crippen LogP contribution in [0.15, 0.2) is 0 Å². The Morgan fingerprint density at radius 2 is 1.79 bits per heavy atom. The molecule has 1 saturated heterocycles. The third kappa shape index (κ3) is 2.29. The lowest BCUT2D eigenvalue weighted by molar-refractivity contribution is 0.175. The lowest BCUT2D eigenvalue weighted by Gasteiger charge is -2.39. The topological polar surface area (TPSA) is 38.0 Å². The second kappa shape index (κ2) is 5.13. The highest BCUT2D eigenvalue weighted by molar-refractivity contribution is 4.88. The lowest BCUT2D eigenvalue weighted by Crippen LogP contribution is -2.49. The molecule has 0 aromatic heterocycles. The molecule has 3 N–H and O–H groups in total. The zero-order valence-corrected chi connectivity index (χ0v) is 9.17. The Morgan fingerprint density at radius 1 is 1.00 bits per heavy atom. The van der Waals surface area contributed by atoms with Gasteiger partial charge in [-0.3, -0.25) is 0 Å². The first-order valence-corrected chi connectivity index (χ1v) is 6.35. The van der Waals surface area contributed by atoms with Gasteiger partial charge < -0.3 is 11.1 Å². The summed E-state index contributed by atoms with van der Waals surface area (Å²) in [5.74, 6) is 1.68. The smallest absolute Gasteiger partial charge is 0.0136 e. The van der Waals surface area contributed by atoms with E-state index in [9.17, 15) is 0 Å². The van der Waals surface area contributed by atoms with E-state index in [0.29, 0.717) is 0 Å².